The molecule has 0 unspecified atom stereocenters. The number of anilines is 2. The van der Waals surface area contributed by atoms with Crippen LogP contribution in [-0.4, -0.2) is 58.9 Å². The lowest BCUT2D eigenvalue weighted by atomic mass is 10.1. The first-order chi connectivity index (χ1) is 14.8. The molecule has 1 aliphatic rings. The number of carbonyl (C=O) groups is 2. The van der Waals surface area contributed by atoms with Gasteiger partial charge in [-0.1, -0.05) is 0 Å². The summed E-state index contributed by atoms with van der Waals surface area (Å²) in [6, 6.07) is 13.1. The minimum absolute atomic E-state index is 0.167. The zero-order valence-corrected chi connectivity index (χ0v) is 18.0. The third-order valence-electron chi connectivity index (χ3n) is 5.13. The number of ether oxygens (including phenoxy) is 1. The quantitative estimate of drug-likeness (QED) is 0.670. The molecule has 0 saturated carbocycles. The predicted octanol–water partition coefficient (Wildman–Crippen LogP) is 3.87. The molecule has 0 bridgehead atoms. The Morgan fingerprint density at radius 2 is 1.74 bits per heavy atom. The number of rotatable bonds is 3. The van der Waals surface area contributed by atoms with E-state index < -0.39 is 5.60 Å². The van der Waals surface area contributed by atoms with Crippen molar-refractivity contribution in [2.75, 3.05) is 36.4 Å². The van der Waals surface area contributed by atoms with Gasteiger partial charge in [0.1, 0.15) is 5.60 Å². The molecule has 1 aromatic heterocycles. The Morgan fingerprint density at radius 1 is 1.03 bits per heavy atom. The third-order valence-corrected chi connectivity index (χ3v) is 5.13. The minimum atomic E-state index is -0.491. The molecule has 2 aromatic carbocycles. The molecule has 2 heterocycles. The van der Waals surface area contributed by atoms with Crippen LogP contribution in [0.4, 0.5) is 16.2 Å². The fourth-order valence-electron chi connectivity index (χ4n) is 3.52. The van der Waals surface area contributed by atoms with Crippen LogP contribution >= 0.6 is 0 Å². The maximum atomic E-state index is 12.6. The monoisotopic (exact) mass is 421 g/mol. The summed E-state index contributed by atoms with van der Waals surface area (Å²) in [7, 11) is 0. The van der Waals surface area contributed by atoms with Crippen LogP contribution in [0.15, 0.2) is 48.7 Å². The average molecular weight is 422 g/mol. The summed E-state index contributed by atoms with van der Waals surface area (Å²) in [6.45, 7) is 8.25. The van der Waals surface area contributed by atoms with Crippen molar-refractivity contribution in [3.05, 3.63) is 54.2 Å². The van der Waals surface area contributed by atoms with E-state index in [-0.39, 0.29) is 12.0 Å². The van der Waals surface area contributed by atoms with Crippen LogP contribution < -0.4 is 10.2 Å². The largest absolute Gasteiger partial charge is 0.444 e. The summed E-state index contributed by atoms with van der Waals surface area (Å²) >= 11 is 0. The first kappa shape index (κ1) is 20.7. The van der Waals surface area contributed by atoms with Crippen molar-refractivity contribution in [2.45, 2.75) is 26.4 Å². The zero-order valence-electron chi connectivity index (χ0n) is 18.0. The first-order valence-electron chi connectivity index (χ1n) is 10.4. The highest BCUT2D eigenvalue weighted by atomic mass is 16.6. The summed E-state index contributed by atoms with van der Waals surface area (Å²) in [5.41, 5.74) is 2.71. The minimum Gasteiger partial charge on any atom is -0.444 e. The Hall–Kier alpha value is -3.55. The molecule has 4 rings (SSSR count). The van der Waals surface area contributed by atoms with Crippen molar-refractivity contribution in [1.82, 2.24) is 15.1 Å². The normalized spacial score (nSPS) is 14.5. The van der Waals surface area contributed by atoms with Crippen molar-refractivity contribution in [1.29, 1.82) is 0 Å². The number of fused-ring (bicyclic) bond motifs is 1. The molecule has 2 N–H and O–H groups in total. The van der Waals surface area contributed by atoms with Crippen LogP contribution in [0.3, 0.4) is 0 Å². The van der Waals surface area contributed by atoms with E-state index in [1.54, 1.807) is 11.1 Å². The molecule has 0 spiro atoms. The number of benzene rings is 2. The van der Waals surface area contributed by atoms with E-state index in [2.05, 4.69) is 20.4 Å². The molecule has 1 fully saturated rings. The number of aromatic nitrogens is 2. The highest BCUT2D eigenvalue weighted by molar-refractivity contribution is 6.05. The highest BCUT2D eigenvalue weighted by Crippen LogP contribution is 2.21. The third kappa shape index (κ3) is 4.96. The number of amides is 2. The second-order valence-electron chi connectivity index (χ2n) is 8.63. The SMILES string of the molecule is CC(C)(C)OC(=O)N1CCN(c2ccc(C(=O)Nc3ccc4cn[nH]c4c3)cc2)CC1. The van der Waals surface area contributed by atoms with Crippen LogP contribution in [0.5, 0.6) is 0 Å². The molecular formula is C23H27N5O3. The molecule has 3 aromatic rings. The number of hydrogen-bond donors (Lipinski definition) is 2. The molecule has 31 heavy (non-hydrogen) atoms. The lowest BCUT2D eigenvalue weighted by molar-refractivity contribution is 0.0240. The Morgan fingerprint density at radius 3 is 2.42 bits per heavy atom. The molecule has 162 valence electrons. The fraction of sp³-hybridized carbons (Fsp3) is 0.348. The standard InChI is InChI=1S/C23H27N5O3/c1-23(2,3)31-22(30)28-12-10-27(11-13-28)19-8-5-16(6-9-19)21(29)25-18-7-4-17-15-24-26-20(17)14-18/h4-9,14-15H,10-13H2,1-3H3,(H,24,26)(H,25,29). The van der Waals surface area contributed by atoms with Crippen LogP contribution in [0, 0.1) is 0 Å². The van der Waals surface area contributed by atoms with Gasteiger partial charge in [0.15, 0.2) is 0 Å². The van der Waals surface area contributed by atoms with E-state index in [4.69, 9.17) is 4.74 Å². The van der Waals surface area contributed by atoms with E-state index >= 15 is 0 Å². The highest BCUT2D eigenvalue weighted by Gasteiger charge is 2.26. The van der Waals surface area contributed by atoms with Gasteiger partial charge in [-0.25, -0.2) is 4.79 Å². The molecular weight excluding hydrogens is 394 g/mol. The van der Waals surface area contributed by atoms with Crippen molar-refractivity contribution in [2.24, 2.45) is 0 Å². The summed E-state index contributed by atoms with van der Waals surface area (Å²) in [4.78, 5) is 28.8. The summed E-state index contributed by atoms with van der Waals surface area (Å²) in [5.74, 6) is -0.167. The second kappa shape index (κ2) is 8.29. The van der Waals surface area contributed by atoms with E-state index in [0.717, 1.165) is 29.7 Å². The van der Waals surface area contributed by atoms with Crippen LogP contribution in [0.1, 0.15) is 31.1 Å². The van der Waals surface area contributed by atoms with Crippen LogP contribution in [-0.2, 0) is 4.74 Å². The lowest BCUT2D eigenvalue weighted by Crippen LogP contribution is -2.50. The molecule has 1 saturated heterocycles. The second-order valence-corrected chi connectivity index (χ2v) is 8.63. The topological polar surface area (TPSA) is 90.6 Å². The van der Waals surface area contributed by atoms with Gasteiger partial charge in [-0.15, -0.1) is 0 Å². The van der Waals surface area contributed by atoms with Gasteiger partial charge in [0.25, 0.3) is 5.91 Å². The van der Waals surface area contributed by atoms with Gasteiger partial charge >= 0.3 is 6.09 Å². The van der Waals surface area contributed by atoms with E-state index in [9.17, 15) is 9.59 Å². The molecule has 0 atom stereocenters. The number of H-pyrrole nitrogens is 1. The molecule has 2 amide bonds. The molecule has 8 nitrogen and oxygen atoms in total. The number of hydrogen-bond acceptors (Lipinski definition) is 5. The van der Waals surface area contributed by atoms with Gasteiger partial charge in [-0.05, 0) is 63.2 Å². The summed E-state index contributed by atoms with van der Waals surface area (Å²) < 4.78 is 5.45. The Balaban J connectivity index is 1.34. The molecule has 0 aliphatic carbocycles. The van der Waals surface area contributed by atoms with Crippen LogP contribution in [0.25, 0.3) is 10.9 Å². The summed E-state index contributed by atoms with van der Waals surface area (Å²) in [5, 5.41) is 10.8. The van der Waals surface area contributed by atoms with E-state index in [1.807, 2.05) is 63.2 Å². The van der Waals surface area contributed by atoms with Crippen molar-refractivity contribution in [3.8, 4) is 0 Å². The van der Waals surface area contributed by atoms with E-state index in [0.29, 0.717) is 24.3 Å². The Bertz CT molecular complexity index is 1080. The predicted molar refractivity (Wildman–Crippen MR) is 121 cm³/mol. The number of nitrogens with zero attached hydrogens (tertiary/aromatic N) is 3. The average Bonchev–Trinajstić information content (AvgIpc) is 3.21. The van der Waals surface area contributed by atoms with Gasteiger partial charge in [0.2, 0.25) is 0 Å². The van der Waals surface area contributed by atoms with Crippen molar-refractivity contribution in [3.63, 3.8) is 0 Å². The van der Waals surface area contributed by atoms with Crippen molar-refractivity contribution < 1.29 is 14.3 Å². The number of carbonyl (C=O) groups excluding carboxylic acids is 2. The number of piperazine rings is 1. The Labute approximate surface area is 181 Å². The smallest absolute Gasteiger partial charge is 0.410 e. The van der Waals surface area contributed by atoms with Gasteiger partial charge in [-0.2, -0.15) is 5.10 Å². The maximum absolute atomic E-state index is 12.6. The van der Waals surface area contributed by atoms with Crippen molar-refractivity contribution >= 4 is 34.3 Å². The molecule has 8 heteroatoms. The first-order valence-corrected chi connectivity index (χ1v) is 10.4. The fourth-order valence-corrected chi connectivity index (χ4v) is 3.52. The Kier molecular flexibility index (Phi) is 5.54. The lowest BCUT2D eigenvalue weighted by Gasteiger charge is -2.36. The van der Waals surface area contributed by atoms with E-state index in [1.165, 1.54) is 0 Å². The molecule has 0 radical (unpaired) electrons. The number of nitrogens with one attached hydrogen (secondary N) is 2. The zero-order chi connectivity index (χ0) is 22.0. The number of aromatic amines is 1. The van der Waals surface area contributed by atoms with Gasteiger partial charge in [0.05, 0.1) is 11.7 Å². The van der Waals surface area contributed by atoms with Gasteiger partial charge in [-0.3, -0.25) is 9.89 Å². The van der Waals surface area contributed by atoms with Crippen LogP contribution in [0.2, 0.25) is 0 Å². The van der Waals surface area contributed by atoms with Gasteiger partial charge < -0.3 is 19.9 Å². The molecule has 1 aliphatic heterocycles. The van der Waals surface area contributed by atoms with Gasteiger partial charge in [0, 0.05) is 48.5 Å². The summed E-state index contributed by atoms with van der Waals surface area (Å²) in [6.07, 6.45) is 1.47. The maximum Gasteiger partial charge on any atom is 0.410 e.